The summed E-state index contributed by atoms with van der Waals surface area (Å²) in [5, 5.41) is 3.85. The number of nitrogens with one attached hydrogen (secondary N) is 1. The van der Waals surface area contributed by atoms with Gasteiger partial charge in [-0.15, -0.1) is 0 Å². The van der Waals surface area contributed by atoms with Crippen molar-refractivity contribution in [2.45, 2.75) is 38.9 Å². The number of aryl methyl sites for hydroxylation is 1. The monoisotopic (exact) mass is 502 g/mol. The quantitative estimate of drug-likeness (QED) is 0.434. The summed E-state index contributed by atoms with van der Waals surface area (Å²) < 4.78 is 39.0. The van der Waals surface area contributed by atoms with Crippen molar-refractivity contribution in [3.05, 3.63) is 76.6 Å². The van der Waals surface area contributed by atoms with Gasteiger partial charge in [0.1, 0.15) is 5.82 Å². The summed E-state index contributed by atoms with van der Waals surface area (Å²) in [6, 6.07) is 11.1. The van der Waals surface area contributed by atoms with Gasteiger partial charge in [0.2, 0.25) is 0 Å². The zero-order valence-electron chi connectivity index (χ0n) is 19.4. The van der Waals surface area contributed by atoms with Gasteiger partial charge in [-0.05, 0) is 56.0 Å². The average Bonchev–Trinajstić information content (AvgIpc) is 2.83. The number of carbonyl (C=O) groups excluding carboxylic acids is 1. The maximum absolute atomic E-state index is 13.8. The number of piperidine rings is 1. The third-order valence-electron chi connectivity index (χ3n) is 6.37. The molecule has 1 unspecified atom stereocenters. The summed E-state index contributed by atoms with van der Waals surface area (Å²) in [7, 11) is 0. The Morgan fingerprint density at radius 1 is 1.14 bits per heavy atom. The van der Waals surface area contributed by atoms with Crippen LogP contribution in [0.25, 0.3) is 11.3 Å². The molecule has 0 bridgehead atoms. The van der Waals surface area contributed by atoms with Crippen molar-refractivity contribution in [2.75, 3.05) is 18.4 Å². The van der Waals surface area contributed by atoms with Crippen LogP contribution in [0.4, 0.5) is 19.0 Å². The number of halogens is 4. The summed E-state index contributed by atoms with van der Waals surface area (Å²) in [6.45, 7) is 5.11. The van der Waals surface area contributed by atoms with Crippen LogP contribution in [0, 0.1) is 12.8 Å². The molecule has 1 aromatic carbocycles. The summed E-state index contributed by atoms with van der Waals surface area (Å²) in [5.74, 6) is 0.766. The molecule has 0 aliphatic carbocycles. The molecule has 0 radical (unpaired) electrons. The standard InChI is InChI=1S/C26H26ClF3N4O/c1-16-5-8-20(22-9-6-18(13-31-22)26(28,29)30)21(12-16)25(35)34-11-3-4-17(2)23(34)15-33-24-10-7-19(27)14-32-24/h5-10,12-14,17,23H,3-4,11,15H2,1-2H3,(H,32,33)/t17-,23?/m1/s1. The number of amides is 1. The maximum Gasteiger partial charge on any atom is 0.417 e. The van der Waals surface area contributed by atoms with Gasteiger partial charge in [0, 0.05) is 36.6 Å². The lowest BCUT2D eigenvalue weighted by atomic mass is 9.89. The SMILES string of the molecule is Cc1ccc(-c2ccc(C(F)(F)F)cn2)c(C(=O)N2CCC[C@@H](C)C2CNc2ccc(Cl)cn2)c1. The van der Waals surface area contributed by atoms with Crippen molar-refractivity contribution in [3.63, 3.8) is 0 Å². The fraction of sp³-hybridized carbons (Fsp3) is 0.346. The molecule has 1 amide bonds. The van der Waals surface area contributed by atoms with Gasteiger partial charge in [0.05, 0.1) is 22.3 Å². The van der Waals surface area contributed by atoms with Gasteiger partial charge in [-0.2, -0.15) is 13.2 Å². The Bertz CT molecular complexity index is 1180. The average molecular weight is 503 g/mol. The van der Waals surface area contributed by atoms with Crippen LogP contribution < -0.4 is 5.32 Å². The van der Waals surface area contributed by atoms with E-state index in [-0.39, 0.29) is 17.9 Å². The van der Waals surface area contributed by atoms with Crippen molar-refractivity contribution < 1.29 is 18.0 Å². The Balaban J connectivity index is 1.62. The number of benzene rings is 1. The van der Waals surface area contributed by atoms with Crippen molar-refractivity contribution in [2.24, 2.45) is 5.92 Å². The Hall–Kier alpha value is -3.13. The normalized spacial score (nSPS) is 18.4. The Kier molecular flexibility index (Phi) is 7.31. The lowest BCUT2D eigenvalue weighted by molar-refractivity contribution is -0.137. The molecule has 4 rings (SSSR count). The molecule has 2 atom stereocenters. The molecule has 3 aromatic rings. The van der Waals surface area contributed by atoms with Crippen LogP contribution in [-0.4, -0.2) is 39.9 Å². The van der Waals surface area contributed by atoms with E-state index < -0.39 is 11.7 Å². The van der Waals surface area contributed by atoms with Crippen LogP contribution in [0.15, 0.2) is 54.9 Å². The van der Waals surface area contributed by atoms with Crippen LogP contribution in [0.3, 0.4) is 0 Å². The van der Waals surface area contributed by atoms with E-state index in [0.717, 1.165) is 30.7 Å². The zero-order chi connectivity index (χ0) is 25.2. The summed E-state index contributed by atoms with van der Waals surface area (Å²) in [6.07, 6.45) is -0.237. The third-order valence-corrected chi connectivity index (χ3v) is 6.59. The van der Waals surface area contributed by atoms with Crippen molar-refractivity contribution >= 4 is 23.3 Å². The largest absolute Gasteiger partial charge is 0.417 e. The highest BCUT2D eigenvalue weighted by Crippen LogP contribution is 2.32. The number of likely N-dealkylation sites (tertiary alicyclic amines) is 1. The molecular weight excluding hydrogens is 477 g/mol. The number of carbonyl (C=O) groups is 1. The lowest BCUT2D eigenvalue weighted by Crippen LogP contribution is -2.51. The summed E-state index contributed by atoms with van der Waals surface area (Å²) >= 11 is 5.92. The van der Waals surface area contributed by atoms with E-state index in [2.05, 4.69) is 22.2 Å². The first-order valence-electron chi connectivity index (χ1n) is 11.4. The first-order chi connectivity index (χ1) is 16.6. The Morgan fingerprint density at radius 3 is 2.60 bits per heavy atom. The van der Waals surface area contributed by atoms with E-state index in [1.165, 1.54) is 6.07 Å². The van der Waals surface area contributed by atoms with E-state index in [9.17, 15) is 18.0 Å². The number of alkyl halides is 3. The number of hydrogen-bond acceptors (Lipinski definition) is 4. The second-order valence-electron chi connectivity index (χ2n) is 8.91. The number of pyridine rings is 2. The van der Waals surface area contributed by atoms with Crippen LogP contribution in [0.2, 0.25) is 5.02 Å². The minimum Gasteiger partial charge on any atom is -0.368 e. The van der Waals surface area contributed by atoms with Crippen molar-refractivity contribution in [1.29, 1.82) is 0 Å². The number of nitrogens with zero attached hydrogens (tertiary/aromatic N) is 3. The molecule has 1 saturated heterocycles. The van der Waals surface area contributed by atoms with Crippen LogP contribution in [0.5, 0.6) is 0 Å². The molecule has 0 spiro atoms. The fourth-order valence-electron chi connectivity index (χ4n) is 4.44. The molecule has 2 aromatic heterocycles. The molecule has 0 saturated carbocycles. The van der Waals surface area contributed by atoms with Gasteiger partial charge < -0.3 is 10.2 Å². The van der Waals surface area contributed by atoms with E-state index in [0.29, 0.717) is 40.8 Å². The second-order valence-corrected chi connectivity index (χ2v) is 9.34. The van der Waals surface area contributed by atoms with Gasteiger partial charge in [-0.1, -0.05) is 36.2 Å². The lowest BCUT2D eigenvalue weighted by Gasteiger charge is -2.40. The highest BCUT2D eigenvalue weighted by atomic mass is 35.5. The van der Waals surface area contributed by atoms with Crippen LogP contribution in [-0.2, 0) is 6.18 Å². The van der Waals surface area contributed by atoms with Crippen LogP contribution >= 0.6 is 11.6 Å². The van der Waals surface area contributed by atoms with Gasteiger partial charge in [-0.25, -0.2) is 4.98 Å². The topological polar surface area (TPSA) is 58.1 Å². The molecule has 9 heteroatoms. The second kappa shape index (κ2) is 10.2. The summed E-state index contributed by atoms with van der Waals surface area (Å²) in [4.78, 5) is 24.0. The van der Waals surface area contributed by atoms with Gasteiger partial charge >= 0.3 is 6.18 Å². The minimum atomic E-state index is -4.47. The smallest absolute Gasteiger partial charge is 0.368 e. The number of hydrogen-bond donors (Lipinski definition) is 1. The van der Waals surface area contributed by atoms with E-state index in [1.54, 1.807) is 30.5 Å². The fourth-order valence-corrected chi connectivity index (χ4v) is 4.55. The highest BCUT2D eigenvalue weighted by Gasteiger charge is 2.34. The zero-order valence-corrected chi connectivity index (χ0v) is 20.2. The van der Waals surface area contributed by atoms with Crippen LogP contribution in [0.1, 0.15) is 41.3 Å². The molecule has 5 nitrogen and oxygen atoms in total. The summed E-state index contributed by atoms with van der Waals surface area (Å²) in [5.41, 5.74) is 1.33. The van der Waals surface area contributed by atoms with Gasteiger partial charge in [-0.3, -0.25) is 9.78 Å². The number of rotatable bonds is 5. The Morgan fingerprint density at radius 2 is 1.94 bits per heavy atom. The van der Waals surface area contributed by atoms with E-state index in [4.69, 9.17) is 11.6 Å². The third kappa shape index (κ3) is 5.75. The predicted molar refractivity (Wildman–Crippen MR) is 130 cm³/mol. The first-order valence-corrected chi connectivity index (χ1v) is 11.8. The first kappa shape index (κ1) is 25.0. The number of aromatic nitrogens is 2. The predicted octanol–water partition coefficient (Wildman–Crippen LogP) is 6.48. The maximum atomic E-state index is 13.8. The van der Waals surface area contributed by atoms with E-state index in [1.807, 2.05) is 17.9 Å². The van der Waals surface area contributed by atoms with Gasteiger partial charge in [0.15, 0.2) is 0 Å². The van der Waals surface area contributed by atoms with Crippen molar-refractivity contribution in [3.8, 4) is 11.3 Å². The van der Waals surface area contributed by atoms with Gasteiger partial charge in [0.25, 0.3) is 5.91 Å². The van der Waals surface area contributed by atoms with E-state index >= 15 is 0 Å². The molecule has 1 N–H and O–H groups in total. The Labute approximate surface area is 207 Å². The molecule has 1 aliphatic rings. The molecule has 3 heterocycles. The van der Waals surface area contributed by atoms with Crippen molar-refractivity contribution in [1.82, 2.24) is 14.9 Å². The molecule has 35 heavy (non-hydrogen) atoms. The molecular formula is C26H26ClF3N4O. The minimum absolute atomic E-state index is 0.0809. The molecule has 1 fully saturated rings. The molecule has 184 valence electrons. The number of anilines is 1. The highest BCUT2D eigenvalue weighted by molar-refractivity contribution is 6.30. The molecule has 1 aliphatic heterocycles.